The first-order valence-electron chi connectivity index (χ1n) is 9.03. The molecule has 0 radical (unpaired) electrons. The molecular formula is C21H28N2O3S2. The summed E-state index contributed by atoms with van der Waals surface area (Å²) >= 11 is 1.65. The summed E-state index contributed by atoms with van der Waals surface area (Å²) in [6.45, 7) is 7.14. The first kappa shape index (κ1) is 22.5. The first-order valence-corrected chi connectivity index (χ1v) is 11.7. The van der Waals surface area contributed by atoms with E-state index in [1.54, 1.807) is 25.6 Å². The van der Waals surface area contributed by atoms with Crippen molar-refractivity contribution < 1.29 is 13.2 Å². The van der Waals surface area contributed by atoms with Crippen LogP contribution in [0.2, 0.25) is 0 Å². The number of benzene rings is 2. The lowest BCUT2D eigenvalue weighted by atomic mass is 10.1. The minimum atomic E-state index is -3.75. The van der Waals surface area contributed by atoms with Crippen LogP contribution in [0.25, 0.3) is 0 Å². The topological polar surface area (TPSA) is 66.5 Å². The fourth-order valence-corrected chi connectivity index (χ4v) is 5.22. The normalized spacial score (nSPS) is 12.8. The summed E-state index contributed by atoms with van der Waals surface area (Å²) in [6.07, 6.45) is 2.01. The van der Waals surface area contributed by atoms with E-state index in [0.29, 0.717) is 11.1 Å². The van der Waals surface area contributed by atoms with Crippen LogP contribution in [0.4, 0.5) is 0 Å². The molecule has 5 nitrogen and oxygen atoms in total. The van der Waals surface area contributed by atoms with E-state index >= 15 is 0 Å². The highest BCUT2D eigenvalue weighted by atomic mass is 32.2. The number of thioether (sulfide) groups is 1. The number of likely N-dealkylation sites (N-methyl/N-ethyl adjacent to an activating group) is 1. The molecule has 1 atom stereocenters. The monoisotopic (exact) mass is 420 g/mol. The van der Waals surface area contributed by atoms with E-state index in [9.17, 15) is 13.2 Å². The molecule has 0 spiro atoms. The molecule has 0 aliphatic carbocycles. The number of hydrogen-bond donors (Lipinski definition) is 1. The van der Waals surface area contributed by atoms with Crippen LogP contribution in [0.5, 0.6) is 0 Å². The summed E-state index contributed by atoms with van der Waals surface area (Å²) in [6, 6.07) is 11.4. The highest BCUT2D eigenvalue weighted by Crippen LogP contribution is 2.24. The van der Waals surface area contributed by atoms with E-state index in [2.05, 4.69) is 5.32 Å². The molecule has 2 aromatic carbocycles. The summed E-state index contributed by atoms with van der Waals surface area (Å²) < 4.78 is 27.1. The number of carbonyl (C=O) groups is 1. The summed E-state index contributed by atoms with van der Waals surface area (Å²) in [4.78, 5) is 13.9. The predicted octanol–water partition coefficient (Wildman–Crippen LogP) is 3.83. The van der Waals surface area contributed by atoms with E-state index in [-0.39, 0.29) is 23.4 Å². The van der Waals surface area contributed by atoms with Gasteiger partial charge >= 0.3 is 0 Å². The van der Waals surface area contributed by atoms with Crippen molar-refractivity contribution >= 4 is 27.7 Å². The van der Waals surface area contributed by atoms with Crippen molar-refractivity contribution in [1.82, 2.24) is 9.62 Å². The van der Waals surface area contributed by atoms with Crippen LogP contribution in [0.3, 0.4) is 0 Å². The highest BCUT2D eigenvalue weighted by molar-refractivity contribution is 7.98. The number of nitrogens with zero attached hydrogens (tertiary/aromatic N) is 1. The van der Waals surface area contributed by atoms with Gasteiger partial charge in [0, 0.05) is 11.9 Å². The smallest absolute Gasteiger partial charge is 0.243 e. The molecule has 1 N–H and O–H groups in total. The number of carbonyl (C=O) groups excluding carboxylic acids is 1. The van der Waals surface area contributed by atoms with Crippen LogP contribution in [-0.4, -0.2) is 38.5 Å². The Morgan fingerprint density at radius 2 is 1.64 bits per heavy atom. The van der Waals surface area contributed by atoms with Gasteiger partial charge in [-0.25, -0.2) is 8.42 Å². The molecule has 0 saturated carbocycles. The van der Waals surface area contributed by atoms with Crippen LogP contribution in [-0.2, 0) is 14.8 Å². The van der Waals surface area contributed by atoms with Crippen LogP contribution in [0.15, 0.2) is 46.2 Å². The average molecular weight is 421 g/mol. The Kier molecular flexibility index (Phi) is 7.31. The molecule has 1 unspecified atom stereocenters. The van der Waals surface area contributed by atoms with E-state index in [0.717, 1.165) is 20.3 Å². The molecule has 0 saturated heterocycles. The second-order valence-corrected chi connectivity index (χ2v) is 9.91. The largest absolute Gasteiger partial charge is 0.348 e. The summed E-state index contributed by atoms with van der Waals surface area (Å²) in [5.74, 6) is -0.338. The molecule has 2 aromatic rings. The molecule has 0 aliphatic rings. The maximum atomic E-state index is 13.0. The zero-order valence-corrected chi connectivity index (χ0v) is 18.9. The van der Waals surface area contributed by atoms with Crippen molar-refractivity contribution in [3.05, 3.63) is 58.7 Å². The van der Waals surface area contributed by atoms with Crippen molar-refractivity contribution in [2.45, 2.75) is 43.5 Å². The number of nitrogens with one attached hydrogen (secondary N) is 1. The molecule has 2 rings (SSSR count). The van der Waals surface area contributed by atoms with Gasteiger partial charge in [0.05, 0.1) is 17.5 Å². The van der Waals surface area contributed by atoms with Crippen LogP contribution < -0.4 is 5.32 Å². The first-order chi connectivity index (χ1) is 13.1. The molecular weight excluding hydrogens is 392 g/mol. The Morgan fingerprint density at radius 3 is 2.14 bits per heavy atom. The lowest BCUT2D eigenvalue weighted by molar-refractivity contribution is -0.121. The highest BCUT2D eigenvalue weighted by Gasteiger charge is 2.27. The van der Waals surface area contributed by atoms with E-state index in [1.165, 1.54) is 7.05 Å². The maximum absolute atomic E-state index is 13.0. The molecule has 0 fully saturated rings. The Labute approximate surface area is 172 Å². The fourth-order valence-electron chi connectivity index (χ4n) is 3.28. The van der Waals surface area contributed by atoms with Crippen molar-refractivity contribution in [3.8, 4) is 0 Å². The van der Waals surface area contributed by atoms with E-state index < -0.39 is 10.0 Å². The van der Waals surface area contributed by atoms with Crippen LogP contribution in [0, 0.1) is 20.8 Å². The lowest BCUT2D eigenvalue weighted by Gasteiger charge is -2.21. The third-order valence-corrected chi connectivity index (χ3v) is 7.49. The molecule has 0 bridgehead atoms. The van der Waals surface area contributed by atoms with Gasteiger partial charge in [-0.3, -0.25) is 4.79 Å². The van der Waals surface area contributed by atoms with Gasteiger partial charge < -0.3 is 5.32 Å². The van der Waals surface area contributed by atoms with Gasteiger partial charge in [-0.05, 0) is 62.8 Å². The van der Waals surface area contributed by atoms with E-state index in [1.807, 2.05) is 56.5 Å². The minimum Gasteiger partial charge on any atom is -0.348 e. The molecule has 28 heavy (non-hydrogen) atoms. The second kappa shape index (κ2) is 9.11. The van der Waals surface area contributed by atoms with Gasteiger partial charge in [0.15, 0.2) is 0 Å². The van der Waals surface area contributed by atoms with Gasteiger partial charge in [-0.2, -0.15) is 4.31 Å². The predicted molar refractivity (Wildman–Crippen MR) is 115 cm³/mol. The zero-order chi connectivity index (χ0) is 21.1. The molecule has 0 heterocycles. The Balaban J connectivity index is 2.10. The zero-order valence-electron chi connectivity index (χ0n) is 17.2. The summed E-state index contributed by atoms with van der Waals surface area (Å²) in [7, 11) is -2.32. The second-order valence-electron chi connectivity index (χ2n) is 7.05. The molecule has 1 amide bonds. The Morgan fingerprint density at radius 1 is 1.11 bits per heavy atom. The Hall–Kier alpha value is -1.83. The fraction of sp³-hybridized carbons (Fsp3) is 0.381. The van der Waals surface area contributed by atoms with Crippen LogP contribution >= 0.6 is 11.8 Å². The SMILES string of the molecule is CSc1ccc(C(C)NC(=O)CN(C)S(=O)(=O)c2c(C)cc(C)cc2C)cc1. The lowest BCUT2D eigenvalue weighted by Crippen LogP contribution is -2.39. The van der Waals surface area contributed by atoms with Crippen LogP contribution in [0.1, 0.15) is 35.2 Å². The number of sulfonamides is 1. The summed E-state index contributed by atoms with van der Waals surface area (Å²) in [5.41, 5.74) is 3.36. The average Bonchev–Trinajstić information content (AvgIpc) is 2.60. The minimum absolute atomic E-state index is 0.206. The van der Waals surface area contributed by atoms with Gasteiger partial charge in [0.25, 0.3) is 0 Å². The molecule has 7 heteroatoms. The summed E-state index contributed by atoms with van der Waals surface area (Å²) in [5, 5.41) is 2.87. The molecule has 0 aliphatic heterocycles. The molecule has 0 aromatic heterocycles. The van der Waals surface area contributed by atoms with Gasteiger partial charge in [0.1, 0.15) is 0 Å². The number of rotatable bonds is 7. The van der Waals surface area contributed by atoms with Gasteiger partial charge in [-0.15, -0.1) is 11.8 Å². The Bertz CT molecular complexity index is 931. The van der Waals surface area contributed by atoms with Crippen molar-refractivity contribution in [2.75, 3.05) is 19.8 Å². The maximum Gasteiger partial charge on any atom is 0.243 e. The van der Waals surface area contributed by atoms with Crippen molar-refractivity contribution in [2.24, 2.45) is 0 Å². The third kappa shape index (κ3) is 5.16. The van der Waals surface area contributed by atoms with Gasteiger partial charge in [0.2, 0.25) is 15.9 Å². The molecule has 152 valence electrons. The van der Waals surface area contributed by atoms with E-state index in [4.69, 9.17) is 0 Å². The standard InChI is InChI=1S/C21H28N2O3S2/c1-14-11-15(2)21(16(3)12-14)28(25,26)23(5)13-20(24)22-17(4)18-7-9-19(27-6)10-8-18/h7-12,17H,13H2,1-6H3,(H,22,24). The van der Waals surface area contributed by atoms with Crippen molar-refractivity contribution in [3.63, 3.8) is 0 Å². The quantitative estimate of drug-likeness (QED) is 0.692. The third-order valence-electron chi connectivity index (χ3n) is 4.63. The number of amides is 1. The van der Waals surface area contributed by atoms with Gasteiger partial charge in [-0.1, -0.05) is 29.8 Å². The number of hydrogen-bond acceptors (Lipinski definition) is 4. The van der Waals surface area contributed by atoms with Crippen molar-refractivity contribution in [1.29, 1.82) is 0 Å². The number of aryl methyl sites for hydroxylation is 3.